The van der Waals surface area contributed by atoms with E-state index in [1.165, 1.54) is 114 Å². The van der Waals surface area contributed by atoms with E-state index in [4.69, 9.17) is 0 Å². The lowest BCUT2D eigenvalue weighted by atomic mass is 10.0. The van der Waals surface area contributed by atoms with Crippen LogP contribution < -0.4 is 4.57 Å². The highest BCUT2D eigenvalue weighted by atomic mass is 15.0. The highest BCUT2D eigenvalue weighted by Crippen LogP contribution is 2.17. The molecule has 32 heavy (non-hydrogen) atoms. The molecule has 2 aromatic rings. The number of aromatic nitrogens is 1. The Labute approximate surface area is 199 Å². The van der Waals surface area contributed by atoms with Gasteiger partial charge in [0.15, 0.2) is 18.4 Å². The highest BCUT2D eigenvalue weighted by Gasteiger charge is 2.18. The average molecular weight is 437 g/mol. The van der Waals surface area contributed by atoms with Crippen molar-refractivity contribution in [2.45, 2.75) is 129 Å². The molecule has 0 aliphatic heterocycles. The lowest BCUT2D eigenvalue weighted by Gasteiger charge is -2.11. The van der Waals surface area contributed by atoms with Gasteiger partial charge in [0.25, 0.3) is 0 Å². The molecular weight excluding hydrogens is 386 g/mol. The van der Waals surface area contributed by atoms with Gasteiger partial charge in [0.2, 0.25) is 0 Å². The van der Waals surface area contributed by atoms with Crippen LogP contribution in [0.2, 0.25) is 0 Å². The Balaban J connectivity index is 1.51. The van der Waals surface area contributed by atoms with Gasteiger partial charge < -0.3 is 0 Å². The summed E-state index contributed by atoms with van der Waals surface area (Å²) in [6, 6.07) is 15.9. The molecule has 0 aliphatic rings. The molecule has 178 valence electrons. The molecular formula is C31H50N+. The van der Waals surface area contributed by atoms with Gasteiger partial charge in [0, 0.05) is 23.6 Å². The number of hydrogen-bond donors (Lipinski definition) is 0. The molecule has 1 heterocycles. The molecule has 0 saturated heterocycles. The summed E-state index contributed by atoms with van der Waals surface area (Å²) in [6.45, 7) is 4.58. The first-order valence-corrected chi connectivity index (χ1v) is 13.9. The normalized spacial score (nSPS) is 12.2. The van der Waals surface area contributed by atoms with Crippen molar-refractivity contribution in [1.29, 1.82) is 0 Å². The molecule has 0 amide bonds. The smallest absolute Gasteiger partial charge is 0.183 e. The Morgan fingerprint density at radius 2 is 1.12 bits per heavy atom. The number of aryl methyl sites for hydroxylation is 1. The summed E-state index contributed by atoms with van der Waals surface area (Å²) in [5.74, 6) is 0. The van der Waals surface area contributed by atoms with Crippen LogP contribution in [0.5, 0.6) is 0 Å². The van der Waals surface area contributed by atoms with Crippen LogP contribution in [-0.2, 0) is 6.42 Å². The molecule has 1 aromatic carbocycles. The van der Waals surface area contributed by atoms with Crippen LogP contribution in [0.4, 0.5) is 0 Å². The van der Waals surface area contributed by atoms with Gasteiger partial charge in [-0.25, -0.2) is 0 Å². The van der Waals surface area contributed by atoms with E-state index in [1.54, 1.807) is 0 Å². The number of hydrogen-bond acceptors (Lipinski definition) is 0. The van der Waals surface area contributed by atoms with Crippen LogP contribution in [0.1, 0.15) is 134 Å². The Bertz CT molecular complexity index is 678. The average Bonchev–Trinajstić information content (AvgIpc) is 2.83. The van der Waals surface area contributed by atoms with E-state index in [1.807, 2.05) is 0 Å². The number of nitrogens with zero attached hydrogens (tertiary/aromatic N) is 1. The second-order valence-corrected chi connectivity index (χ2v) is 9.69. The summed E-state index contributed by atoms with van der Waals surface area (Å²) in [7, 11) is 0. The van der Waals surface area contributed by atoms with Gasteiger partial charge >= 0.3 is 0 Å². The summed E-state index contributed by atoms with van der Waals surface area (Å²) in [6.07, 6.45) is 28.4. The Kier molecular flexibility index (Phi) is 14.9. The van der Waals surface area contributed by atoms with Gasteiger partial charge in [-0.2, -0.15) is 4.57 Å². The topological polar surface area (TPSA) is 3.88 Å². The summed E-state index contributed by atoms with van der Waals surface area (Å²) >= 11 is 0. The molecule has 1 nitrogen and oxygen atoms in total. The zero-order chi connectivity index (χ0) is 22.7. The summed E-state index contributed by atoms with van der Waals surface area (Å²) in [5, 5.41) is 0. The predicted octanol–water partition coefficient (Wildman–Crippen LogP) is 9.39. The van der Waals surface area contributed by atoms with Crippen LogP contribution >= 0.6 is 0 Å². The van der Waals surface area contributed by atoms with Crippen molar-refractivity contribution in [3.8, 4) is 0 Å². The van der Waals surface area contributed by atoms with Crippen molar-refractivity contribution in [2.75, 3.05) is 0 Å². The Morgan fingerprint density at radius 3 is 1.66 bits per heavy atom. The molecule has 0 bridgehead atoms. The molecule has 0 N–H and O–H groups in total. The molecule has 0 saturated carbocycles. The first-order chi connectivity index (χ1) is 15.8. The van der Waals surface area contributed by atoms with E-state index in [0.717, 1.165) is 6.42 Å². The van der Waals surface area contributed by atoms with Crippen LogP contribution in [0.15, 0.2) is 54.9 Å². The molecule has 0 radical (unpaired) electrons. The first-order valence-electron chi connectivity index (χ1n) is 13.9. The fourth-order valence-electron chi connectivity index (χ4n) is 4.88. The monoisotopic (exact) mass is 436 g/mol. The van der Waals surface area contributed by atoms with Crippen LogP contribution in [-0.4, -0.2) is 0 Å². The number of benzene rings is 1. The van der Waals surface area contributed by atoms with Gasteiger partial charge in [-0.05, 0) is 18.9 Å². The van der Waals surface area contributed by atoms with Crippen molar-refractivity contribution < 1.29 is 4.57 Å². The molecule has 0 aliphatic carbocycles. The molecule has 1 heteroatoms. The number of pyridine rings is 1. The number of unbranched alkanes of at least 4 members (excludes halogenated alkanes) is 14. The molecule has 0 spiro atoms. The van der Waals surface area contributed by atoms with Gasteiger partial charge in [-0.1, -0.05) is 134 Å². The van der Waals surface area contributed by atoms with E-state index in [2.05, 4.69) is 73.3 Å². The quantitative estimate of drug-likeness (QED) is 0.152. The van der Waals surface area contributed by atoms with Crippen molar-refractivity contribution >= 4 is 0 Å². The largest absolute Gasteiger partial charge is 0.198 e. The van der Waals surface area contributed by atoms with Gasteiger partial charge in [-0.3, -0.25) is 0 Å². The van der Waals surface area contributed by atoms with Gasteiger partial charge in [0.05, 0.1) is 0 Å². The molecule has 1 unspecified atom stereocenters. The second kappa shape index (κ2) is 17.9. The third kappa shape index (κ3) is 11.3. The van der Waals surface area contributed by atoms with E-state index in [0.29, 0.717) is 6.04 Å². The lowest BCUT2D eigenvalue weighted by molar-refractivity contribution is -0.714. The fraction of sp³-hybridized carbons (Fsp3) is 0.645. The van der Waals surface area contributed by atoms with E-state index in [9.17, 15) is 0 Å². The zero-order valence-corrected chi connectivity index (χ0v) is 21.2. The molecule has 1 aromatic heterocycles. The van der Waals surface area contributed by atoms with Crippen molar-refractivity contribution in [3.05, 3.63) is 66.0 Å². The maximum Gasteiger partial charge on any atom is 0.183 e. The fourth-order valence-corrected chi connectivity index (χ4v) is 4.88. The first kappa shape index (κ1) is 26.6. The van der Waals surface area contributed by atoms with E-state index in [-0.39, 0.29) is 0 Å². The van der Waals surface area contributed by atoms with Gasteiger partial charge in [0.1, 0.15) is 0 Å². The second-order valence-electron chi connectivity index (χ2n) is 9.69. The van der Waals surface area contributed by atoms with E-state index < -0.39 is 0 Å². The minimum Gasteiger partial charge on any atom is -0.198 e. The standard InChI is InChI=1S/C31H50N/c1-3-5-6-7-8-9-10-11-12-13-14-15-16-17-19-23-29-24-22-27-32(28-29)31(4-2)30-25-20-18-21-26-30/h18,20-22,24-28,31H,3-17,19,23H2,1-2H3/q+1. The maximum atomic E-state index is 2.41. The number of rotatable bonds is 19. The third-order valence-corrected chi connectivity index (χ3v) is 6.88. The van der Waals surface area contributed by atoms with Crippen LogP contribution in [0.25, 0.3) is 0 Å². The van der Waals surface area contributed by atoms with Crippen molar-refractivity contribution in [1.82, 2.24) is 0 Å². The van der Waals surface area contributed by atoms with Crippen molar-refractivity contribution in [3.63, 3.8) is 0 Å². The zero-order valence-electron chi connectivity index (χ0n) is 21.2. The summed E-state index contributed by atoms with van der Waals surface area (Å²) in [4.78, 5) is 0. The van der Waals surface area contributed by atoms with Crippen LogP contribution in [0, 0.1) is 0 Å². The molecule has 2 rings (SSSR count). The Morgan fingerprint density at radius 1 is 0.594 bits per heavy atom. The minimum atomic E-state index is 0.442. The van der Waals surface area contributed by atoms with E-state index >= 15 is 0 Å². The third-order valence-electron chi connectivity index (χ3n) is 6.88. The Hall–Kier alpha value is -1.63. The summed E-state index contributed by atoms with van der Waals surface area (Å²) in [5.41, 5.74) is 2.89. The maximum absolute atomic E-state index is 2.41. The minimum absolute atomic E-state index is 0.442. The predicted molar refractivity (Wildman–Crippen MR) is 140 cm³/mol. The SMILES string of the molecule is CCCCCCCCCCCCCCCCCc1ccc[n+](C(CC)c2ccccc2)c1. The van der Waals surface area contributed by atoms with Crippen LogP contribution in [0.3, 0.4) is 0 Å². The molecule has 0 fully saturated rings. The lowest BCUT2D eigenvalue weighted by Crippen LogP contribution is -2.39. The molecule has 1 atom stereocenters. The van der Waals surface area contributed by atoms with Gasteiger partial charge in [-0.15, -0.1) is 0 Å². The van der Waals surface area contributed by atoms with Crippen molar-refractivity contribution in [2.24, 2.45) is 0 Å². The highest BCUT2D eigenvalue weighted by molar-refractivity contribution is 5.17. The summed E-state index contributed by atoms with van der Waals surface area (Å²) < 4.78 is 2.41.